The Hall–Kier alpha value is -1.89. The molecule has 0 radical (unpaired) electrons. The van der Waals surface area contributed by atoms with Gasteiger partial charge in [0.05, 0.1) is 0 Å². The number of hydrogen-bond donors (Lipinski definition) is 0. The summed E-state index contributed by atoms with van der Waals surface area (Å²) < 4.78 is 0. The second kappa shape index (κ2) is 10.8. The van der Waals surface area contributed by atoms with Crippen molar-refractivity contribution in [3.63, 3.8) is 0 Å². The van der Waals surface area contributed by atoms with Crippen molar-refractivity contribution in [2.45, 2.75) is 92.4 Å². The zero-order chi connectivity index (χ0) is 23.4. The van der Waals surface area contributed by atoms with Crippen LogP contribution in [0.5, 0.6) is 0 Å². The predicted octanol–water partition coefficient (Wildman–Crippen LogP) is 8.81. The first-order valence-corrected chi connectivity index (χ1v) is 12.9. The van der Waals surface area contributed by atoms with E-state index in [0.717, 1.165) is 40.9 Å². The molecule has 0 heterocycles. The van der Waals surface area contributed by atoms with Crippen molar-refractivity contribution in [1.29, 1.82) is 0 Å². The second-order valence-corrected chi connectivity index (χ2v) is 11.5. The van der Waals surface area contributed by atoms with E-state index in [4.69, 9.17) is 0 Å². The Kier molecular flexibility index (Phi) is 8.37. The first kappa shape index (κ1) is 24.7. The van der Waals surface area contributed by atoms with Gasteiger partial charge in [-0.3, -0.25) is 4.79 Å². The quantitative estimate of drug-likeness (QED) is 0.381. The fourth-order valence-corrected chi connectivity index (χ4v) is 5.68. The molecule has 1 fully saturated rings. The molecule has 32 heavy (non-hydrogen) atoms. The van der Waals surface area contributed by atoms with Gasteiger partial charge in [0.25, 0.3) is 0 Å². The molecule has 1 nitrogen and oxygen atoms in total. The number of hydrogen-bond acceptors (Lipinski definition) is 1. The molecule has 1 saturated carbocycles. The summed E-state index contributed by atoms with van der Waals surface area (Å²) in [6, 6.07) is 15.0. The molecular formula is C31H44O. The Bertz CT molecular complexity index is 904. The third-order valence-corrected chi connectivity index (χ3v) is 7.44. The first-order valence-electron chi connectivity index (χ1n) is 12.9. The summed E-state index contributed by atoms with van der Waals surface area (Å²) in [4.78, 5) is 13.9. The van der Waals surface area contributed by atoms with Crippen LogP contribution in [0.25, 0.3) is 0 Å². The Balaban J connectivity index is 1.98. The summed E-state index contributed by atoms with van der Waals surface area (Å²) in [5, 5.41) is 0. The van der Waals surface area contributed by atoms with Crippen molar-refractivity contribution in [2.24, 2.45) is 23.7 Å². The van der Waals surface area contributed by atoms with Crippen LogP contribution in [0.3, 0.4) is 0 Å². The van der Waals surface area contributed by atoms with E-state index in [0.29, 0.717) is 17.8 Å². The smallest absolute Gasteiger partial charge is 0.193 e. The number of rotatable bonds is 8. The zero-order valence-corrected chi connectivity index (χ0v) is 21.4. The highest BCUT2D eigenvalue weighted by Crippen LogP contribution is 2.42. The summed E-state index contributed by atoms with van der Waals surface area (Å²) in [6.45, 7) is 16.0. The van der Waals surface area contributed by atoms with Crippen LogP contribution in [-0.4, -0.2) is 5.78 Å². The average molecular weight is 433 g/mol. The summed E-state index contributed by atoms with van der Waals surface area (Å²) in [7, 11) is 0. The number of ketones is 1. The van der Waals surface area contributed by atoms with Gasteiger partial charge in [0.2, 0.25) is 0 Å². The lowest BCUT2D eigenvalue weighted by Crippen LogP contribution is -2.23. The van der Waals surface area contributed by atoms with Crippen molar-refractivity contribution in [3.05, 3.63) is 70.3 Å². The van der Waals surface area contributed by atoms with Crippen LogP contribution in [0.15, 0.2) is 42.5 Å². The first-order chi connectivity index (χ1) is 15.2. The molecule has 2 aromatic carbocycles. The maximum Gasteiger partial charge on any atom is 0.193 e. The van der Waals surface area contributed by atoms with Crippen LogP contribution in [0, 0.1) is 23.7 Å². The van der Waals surface area contributed by atoms with Crippen LogP contribution >= 0.6 is 0 Å². The van der Waals surface area contributed by atoms with Gasteiger partial charge in [-0.15, -0.1) is 0 Å². The lowest BCUT2D eigenvalue weighted by atomic mass is 9.69. The van der Waals surface area contributed by atoms with Crippen molar-refractivity contribution in [2.75, 3.05) is 0 Å². The number of carbonyl (C=O) groups is 1. The van der Waals surface area contributed by atoms with Crippen LogP contribution < -0.4 is 0 Å². The van der Waals surface area contributed by atoms with Crippen LogP contribution in [0.4, 0.5) is 0 Å². The van der Waals surface area contributed by atoms with Gasteiger partial charge in [0.15, 0.2) is 5.78 Å². The van der Waals surface area contributed by atoms with Gasteiger partial charge in [0.1, 0.15) is 0 Å². The standard InChI is InChI=1S/C31H44O/c1-20(2)16-26-15-14-25(24-13-12-23(7)27(18-24)17-21(3)4)19-30(26)31(32)29-11-9-8-10-28(29)22(5)6/h8-11,14-15,19-24,27H,12-13,16-18H2,1-7H3/t23?,24?,27-/m0/s1. The zero-order valence-electron chi connectivity index (χ0n) is 21.4. The van der Waals surface area contributed by atoms with Crippen LogP contribution in [-0.2, 0) is 6.42 Å². The largest absolute Gasteiger partial charge is 0.289 e. The van der Waals surface area contributed by atoms with E-state index in [2.05, 4.69) is 78.8 Å². The third kappa shape index (κ3) is 5.91. The number of carbonyl (C=O) groups excluding carboxylic acids is 1. The van der Waals surface area contributed by atoms with Gasteiger partial charge in [-0.2, -0.15) is 0 Å². The van der Waals surface area contributed by atoms with Crippen molar-refractivity contribution >= 4 is 5.78 Å². The second-order valence-electron chi connectivity index (χ2n) is 11.5. The Morgan fingerprint density at radius 2 is 1.62 bits per heavy atom. The predicted molar refractivity (Wildman–Crippen MR) is 138 cm³/mol. The molecule has 1 aliphatic rings. The van der Waals surface area contributed by atoms with E-state index >= 15 is 0 Å². The summed E-state index contributed by atoms with van der Waals surface area (Å²) in [6.07, 6.45) is 6.07. The maximum absolute atomic E-state index is 13.9. The molecule has 1 heteroatoms. The molecule has 2 unspecified atom stereocenters. The van der Waals surface area contributed by atoms with Gasteiger partial charge >= 0.3 is 0 Å². The fourth-order valence-electron chi connectivity index (χ4n) is 5.68. The van der Waals surface area contributed by atoms with E-state index in [1.165, 1.54) is 36.8 Å². The van der Waals surface area contributed by atoms with Crippen LogP contribution in [0.1, 0.15) is 119 Å². The van der Waals surface area contributed by atoms with E-state index in [-0.39, 0.29) is 5.78 Å². The molecule has 0 N–H and O–H groups in total. The van der Waals surface area contributed by atoms with E-state index in [9.17, 15) is 4.79 Å². The van der Waals surface area contributed by atoms with Crippen molar-refractivity contribution < 1.29 is 4.79 Å². The van der Waals surface area contributed by atoms with Gasteiger partial charge in [-0.1, -0.05) is 84.9 Å². The van der Waals surface area contributed by atoms with E-state index in [1.807, 2.05) is 12.1 Å². The SMILES string of the molecule is CC(C)Cc1ccc(C2CCC(C)[C@@H](CC(C)C)C2)cc1C(=O)c1ccccc1C(C)C. The van der Waals surface area contributed by atoms with Gasteiger partial charge < -0.3 is 0 Å². The van der Waals surface area contributed by atoms with Gasteiger partial charge in [-0.25, -0.2) is 0 Å². The summed E-state index contributed by atoms with van der Waals surface area (Å²) in [5.41, 5.74) is 5.54. The molecule has 2 aromatic rings. The maximum atomic E-state index is 13.9. The molecule has 1 aliphatic carbocycles. The van der Waals surface area contributed by atoms with Crippen LogP contribution in [0.2, 0.25) is 0 Å². The molecule has 0 bridgehead atoms. The molecule has 3 rings (SSSR count). The lowest BCUT2D eigenvalue weighted by molar-refractivity contribution is 0.103. The highest BCUT2D eigenvalue weighted by Gasteiger charge is 2.30. The monoisotopic (exact) mass is 432 g/mol. The Morgan fingerprint density at radius 3 is 2.28 bits per heavy atom. The summed E-state index contributed by atoms with van der Waals surface area (Å²) in [5.74, 6) is 4.00. The minimum Gasteiger partial charge on any atom is -0.289 e. The average Bonchev–Trinajstić information content (AvgIpc) is 2.74. The highest BCUT2D eigenvalue weighted by molar-refractivity contribution is 6.11. The van der Waals surface area contributed by atoms with Crippen molar-refractivity contribution in [3.8, 4) is 0 Å². The molecular weight excluding hydrogens is 388 g/mol. The van der Waals surface area contributed by atoms with Gasteiger partial charge in [0, 0.05) is 11.1 Å². The normalized spacial score (nSPS) is 21.5. The topological polar surface area (TPSA) is 17.1 Å². The summed E-state index contributed by atoms with van der Waals surface area (Å²) >= 11 is 0. The molecule has 3 atom stereocenters. The minimum absolute atomic E-state index is 0.203. The third-order valence-electron chi connectivity index (χ3n) is 7.44. The molecule has 0 aliphatic heterocycles. The van der Waals surface area contributed by atoms with E-state index in [1.54, 1.807) is 0 Å². The molecule has 174 valence electrons. The van der Waals surface area contributed by atoms with Crippen molar-refractivity contribution in [1.82, 2.24) is 0 Å². The van der Waals surface area contributed by atoms with Gasteiger partial charge in [-0.05, 0) is 90.4 Å². The Labute approximate surface area is 197 Å². The molecule has 0 amide bonds. The Morgan fingerprint density at radius 1 is 0.906 bits per heavy atom. The highest BCUT2D eigenvalue weighted by atomic mass is 16.1. The minimum atomic E-state index is 0.203. The lowest BCUT2D eigenvalue weighted by Gasteiger charge is -2.36. The fraction of sp³-hybridized carbons (Fsp3) is 0.581. The molecule has 0 aromatic heterocycles. The molecule has 0 saturated heterocycles. The molecule has 0 spiro atoms. The number of benzene rings is 2. The van der Waals surface area contributed by atoms with E-state index < -0.39 is 0 Å².